The van der Waals surface area contributed by atoms with E-state index in [9.17, 15) is 24.3 Å². The van der Waals surface area contributed by atoms with E-state index >= 15 is 0 Å². The van der Waals surface area contributed by atoms with E-state index in [1.165, 1.54) is 18.3 Å². The van der Waals surface area contributed by atoms with Gasteiger partial charge in [-0.15, -0.1) is 11.3 Å². The second-order valence-electron chi connectivity index (χ2n) is 7.07. The second-order valence-corrected chi connectivity index (χ2v) is 9.54. The third kappa shape index (κ3) is 3.76. The molecule has 28 heavy (non-hydrogen) atoms. The summed E-state index contributed by atoms with van der Waals surface area (Å²) in [5.74, 6) is -0.809. The maximum atomic E-state index is 13.1. The summed E-state index contributed by atoms with van der Waals surface area (Å²) >= 11 is 2.12. The quantitative estimate of drug-likeness (QED) is 0.572. The van der Waals surface area contributed by atoms with Crippen LogP contribution in [0.5, 0.6) is 0 Å². The smallest absolute Gasteiger partial charge is 0.435 e. The highest BCUT2D eigenvalue weighted by Gasteiger charge is 2.53. The maximum absolute atomic E-state index is 13.1. The number of amides is 2. The number of thiophene rings is 1. The molecule has 0 radical (unpaired) electrons. The largest absolute Gasteiger partial charge is 0.521 e. The summed E-state index contributed by atoms with van der Waals surface area (Å²) in [5.41, 5.74) is 0. The molecule has 1 aromatic heterocycles. The van der Waals surface area contributed by atoms with Gasteiger partial charge < -0.3 is 5.11 Å². The molecule has 1 aliphatic rings. The van der Waals surface area contributed by atoms with Crippen molar-refractivity contribution in [3.05, 3.63) is 35.2 Å². The molecule has 2 amide bonds. The average Bonchev–Trinajstić information content (AvgIpc) is 3.24. The van der Waals surface area contributed by atoms with Crippen LogP contribution in [0.1, 0.15) is 42.8 Å². The molecular weight excluding hydrogens is 398 g/mol. The number of carboxylic acid groups (broad SMARTS) is 1. The molecule has 3 atom stereocenters. The molecule has 148 valence electrons. The monoisotopic (exact) mass is 420 g/mol. The number of benzene rings is 1. The first kappa shape index (κ1) is 20.7. The lowest BCUT2D eigenvalue weighted by Crippen LogP contribution is -2.59. The van der Waals surface area contributed by atoms with E-state index in [1.807, 2.05) is 24.3 Å². The van der Waals surface area contributed by atoms with Gasteiger partial charge in [-0.3, -0.25) is 9.59 Å². The lowest BCUT2D eigenvalue weighted by atomic mass is 10.1. The first-order chi connectivity index (χ1) is 13.3. The van der Waals surface area contributed by atoms with Crippen LogP contribution in [0.4, 0.5) is 4.79 Å². The van der Waals surface area contributed by atoms with Crippen molar-refractivity contribution in [3.8, 4) is 0 Å². The molecule has 1 fully saturated rings. The first-order valence-corrected chi connectivity index (χ1v) is 10.8. The molecule has 2 aromatic rings. The summed E-state index contributed by atoms with van der Waals surface area (Å²) < 4.78 is 0.292. The van der Waals surface area contributed by atoms with Crippen molar-refractivity contribution in [2.75, 3.05) is 6.54 Å². The van der Waals surface area contributed by atoms with Gasteiger partial charge in [0.25, 0.3) is 0 Å². The van der Waals surface area contributed by atoms with Crippen LogP contribution in [-0.4, -0.2) is 50.3 Å². The molecule has 1 N–H and O–H groups in total. The number of rotatable bonds is 5. The number of hydrogen-bond acceptors (Lipinski definition) is 6. The number of ketones is 1. The number of quaternary nitrogens is 1. The molecule has 6 nitrogen and oxygen atoms in total. The topological polar surface area (TPSA) is 88.5 Å². The minimum atomic E-state index is -1.18. The van der Waals surface area contributed by atoms with Crippen LogP contribution in [0.3, 0.4) is 0 Å². The fourth-order valence-electron chi connectivity index (χ4n) is 3.81. The third-order valence-corrected chi connectivity index (χ3v) is 7.43. The number of imide groups is 1. The number of thioether (sulfide) groups is 1. The van der Waals surface area contributed by atoms with E-state index in [-0.39, 0.29) is 29.9 Å². The zero-order chi connectivity index (χ0) is 20.5. The van der Waals surface area contributed by atoms with Crippen molar-refractivity contribution < 1.29 is 28.8 Å². The molecule has 0 bridgehead atoms. The molecule has 1 aromatic carbocycles. The highest BCUT2D eigenvalue weighted by Crippen LogP contribution is 2.33. The maximum Gasteiger partial charge on any atom is 0.521 e. The van der Waals surface area contributed by atoms with Crippen molar-refractivity contribution >= 4 is 56.1 Å². The molecule has 0 saturated carbocycles. The molecule has 1 aliphatic heterocycles. The highest BCUT2D eigenvalue weighted by molar-refractivity contribution is 8.14. The molecule has 0 aliphatic carbocycles. The zero-order valence-electron chi connectivity index (χ0n) is 15.7. The molecule has 2 unspecified atom stereocenters. The van der Waals surface area contributed by atoms with Gasteiger partial charge in [-0.1, -0.05) is 30.0 Å². The fourth-order valence-corrected chi connectivity index (χ4v) is 5.80. The van der Waals surface area contributed by atoms with E-state index in [0.717, 1.165) is 21.8 Å². The van der Waals surface area contributed by atoms with Crippen LogP contribution < -0.4 is 0 Å². The van der Waals surface area contributed by atoms with Gasteiger partial charge in [0.1, 0.15) is 6.04 Å². The van der Waals surface area contributed by atoms with Gasteiger partial charge in [0.15, 0.2) is 10.9 Å². The Morgan fingerprint density at radius 2 is 2.00 bits per heavy atom. The fraction of sp³-hybridized carbons (Fsp3) is 0.400. The number of carbonyl (C=O) groups excluding carboxylic acids is 3. The lowest BCUT2D eigenvalue weighted by molar-refractivity contribution is -0.792. The van der Waals surface area contributed by atoms with E-state index in [1.54, 1.807) is 13.0 Å². The van der Waals surface area contributed by atoms with Gasteiger partial charge in [0.05, 0.1) is 23.1 Å². The van der Waals surface area contributed by atoms with Crippen molar-refractivity contribution in [2.45, 2.75) is 44.4 Å². The van der Waals surface area contributed by atoms with Crippen LogP contribution in [0, 0.1) is 0 Å². The minimum absolute atomic E-state index is 0.226. The van der Waals surface area contributed by atoms with Crippen molar-refractivity contribution in [2.24, 2.45) is 0 Å². The van der Waals surface area contributed by atoms with Gasteiger partial charge in [0.2, 0.25) is 0 Å². The Morgan fingerprint density at radius 1 is 1.29 bits per heavy atom. The summed E-state index contributed by atoms with van der Waals surface area (Å²) in [7, 11) is 0. The number of nitrogens with zero attached hydrogens (tertiary/aromatic N) is 1. The lowest BCUT2D eigenvalue weighted by Gasteiger charge is -2.30. The Kier molecular flexibility index (Phi) is 6.02. The van der Waals surface area contributed by atoms with Gasteiger partial charge >= 0.3 is 12.0 Å². The van der Waals surface area contributed by atoms with Crippen molar-refractivity contribution in [1.82, 2.24) is 0 Å². The number of hydrogen-bond donors (Lipinski definition) is 1. The molecule has 3 rings (SSSR count). The Morgan fingerprint density at radius 3 is 2.57 bits per heavy atom. The van der Waals surface area contributed by atoms with Crippen molar-refractivity contribution in [3.63, 3.8) is 0 Å². The molecule has 0 spiro atoms. The molecule has 1 saturated heterocycles. The molecular formula is C20H22NO5S2+. The van der Waals surface area contributed by atoms with E-state index in [4.69, 9.17) is 0 Å². The molecule has 2 heterocycles. The predicted molar refractivity (Wildman–Crippen MR) is 110 cm³/mol. The van der Waals surface area contributed by atoms with Crippen LogP contribution in [0.25, 0.3) is 10.1 Å². The summed E-state index contributed by atoms with van der Waals surface area (Å²) in [6, 6.07) is 8.99. The number of carbonyl (C=O) groups is 4. The van der Waals surface area contributed by atoms with Gasteiger partial charge in [-0.25, -0.2) is 4.79 Å². The number of Topliss-reactive ketones (excluding diaryl/α,β-unsaturated/α-hetero) is 1. The van der Waals surface area contributed by atoms with E-state index in [0.29, 0.717) is 17.7 Å². The highest BCUT2D eigenvalue weighted by atomic mass is 32.2. The normalized spacial score (nSPS) is 22.9. The number of likely N-dealkylation sites (tertiary alicyclic amines) is 1. The minimum Gasteiger partial charge on any atom is -0.435 e. The second kappa shape index (κ2) is 8.14. The van der Waals surface area contributed by atoms with Crippen molar-refractivity contribution in [1.29, 1.82) is 0 Å². The third-order valence-electron chi connectivity index (χ3n) is 5.30. The Bertz CT molecular complexity index is 920. The predicted octanol–water partition coefficient (Wildman–Crippen LogP) is 4.33. The Labute approximate surface area is 171 Å². The van der Waals surface area contributed by atoms with Crippen LogP contribution in [-0.2, 0) is 9.59 Å². The zero-order valence-corrected chi connectivity index (χ0v) is 17.3. The number of fused-ring (bicyclic) bond motifs is 1. The summed E-state index contributed by atoms with van der Waals surface area (Å²) in [6.45, 7) is 3.32. The van der Waals surface area contributed by atoms with Crippen LogP contribution >= 0.6 is 23.1 Å². The SMILES string of the molecule is CC(=O)SC(CC(=O)[N+]1(C(=O)O)CCC[C@H]1C)C(=O)c1cc2ccccc2s1. The van der Waals surface area contributed by atoms with Gasteiger partial charge in [0, 0.05) is 24.5 Å². The van der Waals surface area contributed by atoms with Crippen LogP contribution in [0.2, 0.25) is 0 Å². The standard InChI is InChI=1S/C20H21NO5S2/c1-12-6-5-9-21(12,20(25)26)18(23)11-17(27-13(2)22)19(24)16-10-14-7-3-4-8-15(14)28-16/h3-4,7-8,10,12,17H,5-6,9,11H2,1-2H3/p+1/t12-,17?,21?/m1/s1. The Hall–Kier alpha value is -2.03. The summed E-state index contributed by atoms with van der Waals surface area (Å²) in [6.07, 6.45) is -0.162. The van der Waals surface area contributed by atoms with Crippen LogP contribution in [0.15, 0.2) is 30.3 Å². The van der Waals surface area contributed by atoms with E-state index in [2.05, 4.69) is 0 Å². The van der Waals surface area contributed by atoms with Gasteiger partial charge in [-0.05, 0) is 24.4 Å². The summed E-state index contributed by atoms with van der Waals surface area (Å²) in [4.78, 5) is 50.3. The summed E-state index contributed by atoms with van der Waals surface area (Å²) in [5, 5.41) is 9.48. The molecule has 8 heteroatoms. The Balaban J connectivity index is 1.89. The first-order valence-electron chi connectivity index (χ1n) is 9.10. The van der Waals surface area contributed by atoms with E-state index < -0.39 is 21.7 Å². The van der Waals surface area contributed by atoms with Gasteiger partial charge in [-0.2, -0.15) is 9.28 Å². The average molecular weight is 421 g/mol.